The molecule has 0 unspecified atom stereocenters. The van der Waals surface area contributed by atoms with Crippen LogP contribution in [0.2, 0.25) is 0 Å². The van der Waals surface area contributed by atoms with E-state index in [1.54, 1.807) is 18.2 Å². The number of benzene rings is 7. The Morgan fingerprint density at radius 2 is 0.981 bits per heavy atom. The fourth-order valence-corrected chi connectivity index (χ4v) is 7.27. The molecule has 0 amide bonds. The molecule has 53 heavy (non-hydrogen) atoms. The van der Waals surface area contributed by atoms with E-state index < -0.39 is 0 Å². The molecule has 5 heteroatoms. The second-order valence-electron chi connectivity index (χ2n) is 13.6. The van der Waals surface area contributed by atoms with Crippen LogP contribution in [0.15, 0.2) is 179 Å². The van der Waals surface area contributed by atoms with Crippen LogP contribution in [0.3, 0.4) is 0 Å². The van der Waals surface area contributed by atoms with Gasteiger partial charge in [0.15, 0.2) is 5.43 Å². The average molecular weight is 693 g/mol. The van der Waals surface area contributed by atoms with Gasteiger partial charge in [-0.25, -0.2) is 0 Å². The van der Waals surface area contributed by atoms with Crippen LogP contribution in [0, 0.1) is 6.92 Å². The van der Waals surface area contributed by atoms with E-state index in [9.17, 15) is 9.90 Å². The zero-order chi connectivity index (χ0) is 36.1. The van der Waals surface area contributed by atoms with Gasteiger partial charge in [-0.2, -0.15) is 0 Å². The van der Waals surface area contributed by atoms with Gasteiger partial charge >= 0.3 is 0 Å². The van der Waals surface area contributed by atoms with Crippen LogP contribution in [0.25, 0.3) is 33.4 Å². The normalized spacial score (nSPS) is 11.2. The Labute approximate surface area is 310 Å². The Morgan fingerprint density at radius 3 is 1.47 bits per heavy atom. The van der Waals surface area contributed by atoms with Gasteiger partial charge < -0.3 is 19.3 Å². The van der Waals surface area contributed by atoms with E-state index in [0.717, 1.165) is 39.0 Å². The maximum absolute atomic E-state index is 12.6. The van der Waals surface area contributed by atoms with Gasteiger partial charge in [0.05, 0.1) is 11.4 Å². The number of phenols is 1. The van der Waals surface area contributed by atoms with Crippen molar-refractivity contribution >= 4 is 22.3 Å². The van der Waals surface area contributed by atoms with Gasteiger partial charge in [0.1, 0.15) is 17.1 Å². The summed E-state index contributed by atoms with van der Waals surface area (Å²) in [6, 6.07) is 57.4. The Balaban J connectivity index is 1.40. The van der Waals surface area contributed by atoms with E-state index in [1.165, 1.54) is 28.3 Å². The highest BCUT2D eigenvalue weighted by molar-refractivity contribution is 6.04. The first-order valence-electron chi connectivity index (χ1n) is 18.0. The third-order valence-corrected chi connectivity index (χ3v) is 9.81. The highest BCUT2D eigenvalue weighted by Crippen LogP contribution is 2.46. The maximum atomic E-state index is 12.6. The lowest BCUT2D eigenvalue weighted by Gasteiger charge is -2.34. The molecular formula is C48H40N2O3. The number of anilines is 2. The SMILES string of the molecule is Cc1cc(N(Cc2ccccc2)Cc2ccccc2)c(N(Cc2ccccc2)Cc2ccccc2)cc1-c1c2ccc(=O)cc-2oc2cc(O)ccc12. The van der Waals surface area contributed by atoms with Crippen molar-refractivity contribution < 1.29 is 9.52 Å². The molecule has 2 aliphatic rings. The molecule has 0 aromatic heterocycles. The van der Waals surface area contributed by atoms with Crippen LogP contribution < -0.4 is 15.2 Å². The first-order chi connectivity index (χ1) is 26.0. The Hall–Kier alpha value is -6.59. The number of hydrogen-bond acceptors (Lipinski definition) is 5. The average Bonchev–Trinajstić information content (AvgIpc) is 3.18. The van der Waals surface area contributed by atoms with Crippen molar-refractivity contribution in [3.63, 3.8) is 0 Å². The molecule has 0 saturated heterocycles. The second kappa shape index (κ2) is 14.9. The second-order valence-corrected chi connectivity index (χ2v) is 13.6. The summed E-state index contributed by atoms with van der Waals surface area (Å²) < 4.78 is 6.26. The quantitative estimate of drug-likeness (QED) is 0.137. The minimum absolute atomic E-state index is 0.104. The molecule has 1 N–H and O–H groups in total. The maximum Gasteiger partial charge on any atom is 0.182 e. The van der Waals surface area contributed by atoms with E-state index in [1.807, 2.05) is 12.1 Å². The van der Waals surface area contributed by atoms with Crippen LogP contribution in [0.5, 0.6) is 5.75 Å². The molecule has 0 spiro atoms. The number of aryl methyl sites for hydroxylation is 1. The Bertz CT molecular complexity index is 2410. The molecule has 0 bridgehead atoms. The highest BCUT2D eigenvalue weighted by atomic mass is 16.3. The van der Waals surface area contributed by atoms with Gasteiger partial charge in [0, 0.05) is 54.8 Å². The van der Waals surface area contributed by atoms with Crippen LogP contribution >= 0.6 is 0 Å². The van der Waals surface area contributed by atoms with Crippen molar-refractivity contribution in [2.24, 2.45) is 0 Å². The summed E-state index contributed by atoms with van der Waals surface area (Å²) in [7, 11) is 0. The summed E-state index contributed by atoms with van der Waals surface area (Å²) in [5.41, 5.74) is 11.4. The smallest absolute Gasteiger partial charge is 0.182 e. The minimum Gasteiger partial charge on any atom is -0.508 e. The summed E-state index contributed by atoms with van der Waals surface area (Å²) in [5.74, 6) is 0.586. The van der Waals surface area contributed by atoms with Gasteiger partial charge in [-0.3, -0.25) is 4.79 Å². The van der Waals surface area contributed by atoms with Crippen molar-refractivity contribution in [1.29, 1.82) is 0 Å². The number of phenolic OH excluding ortho intramolecular Hbond substituents is 1. The van der Waals surface area contributed by atoms with Crippen molar-refractivity contribution in [3.05, 3.63) is 208 Å². The molecular weight excluding hydrogens is 653 g/mol. The summed E-state index contributed by atoms with van der Waals surface area (Å²) >= 11 is 0. The molecule has 6 aromatic carbocycles. The van der Waals surface area contributed by atoms with E-state index >= 15 is 0 Å². The molecule has 0 radical (unpaired) electrons. The van der Waals surface area contributed by atoms with Crippen LogP contribution in [0.1, 0.15) is 27.8 Å². The summed E-state index contributed by atoms with van der Waals surface area (Å²) in [6.07, 6.45) is 0. The molecule has 6 aromatic rings. The molecule has 1 aliphatic carbocycles. The lowest BCUT2D eigenvalue weighted by atomic mass is 9.90. The van der Waals surface area contributed by atoms with Crippen molar-refractivity contribution in [2.75, 3.05) is 9.80 Å². The number of aromatic hydroxyl groups is 1. The Kier molecular flexibility index (Phi) is 9.46. The van der Waals surface area contributed by atoms with Gasteiger partial charge in [-0.1, -0.05) is 121 Å². The zero-order valence-corrected chi connectivity index (χ0v) is 29.7. The standard InChI is InChI=1S/C48H40N2O3/c1-34-26-44(49(30-35-14-6-2-7-15-35)31-36-16-8-3-9-17-36)45(50(32-37-18-10-4-11-19-37)33-38-20-12-5-13-21-38)29-43(34)48-41-24-22-39(51)27-46(41)53-47-28-40(52)23-25-42(47)48/h2-29,51H,30-33H2,1H3. The third kappa shape index (κ3) is 7.42. The molecule has 1 heterocycles. The lowest BCUT2D eigenvalue weighted by molar-refractivity contribution is 0.474. The lowest BCUT2D eigenvalue weighted by Crippen LogP contribution is -2.28. The number of rotatable bonds is 11. The molecule has 0 atom stereocenters. The molecule has 8 rings (SSSR count). The van der Waals surface area contributed by atoms with Crippen molar-refractivity contribution in [2.45, 2.75) is 33.1 Å². The third-order valence-electron chi connectivity index (χ3n) is 9.81. The molecule has 5 nitrogen and oxygen atoms in total. The minimum atomic E-state index is -0.131. The van der Waals surface area contributed by atoms with Crippen LogP contribution in [-0.4, -0.2) is 5.11 Å². The first kappa shape index (κ1) is 33.5. The molecule has 260 valence electrons. The zero-order valence-electron chi connectivity index (χ0n) is 29.7. The molecule has 1 aliphatic heterocycles. The largest absolute Gasteiger partial charge is 0.508 e. The first-order valence-corrected chi connectivity index (χ1v) is 18.0. The summed E-state index contributed by atoms with van der Waals surface area (Å²) in [4.78, 5) is 17.6. The number of fused-ring (bicyclic) bond motifs is 2. The molecule has 0 saturated carbocycles. The van der Waals surface area contributed by atoms with Gasteiger partial charge in [0.2, 0.25) is 0 Å². The van der Waals surface area contributed by atoms with E-state index in [4.69, 9.17) is 4.42 Å². The predicted molar refractivity (Wildman–Crippen MR) is 216 cm³/mol. The van der Waals surface area contributed by atoms with E-state index in [0.29, 0.717) is 37.5 Å². The van der Waals surface area contributed by atoms with E-state index in [-0.39, 0.29) is 11.2 Å². The fraction of sp³-hybridized carbons (Fsp3) is 0.104. The monoisotopic (exact) mass is 692 g/mol. The summed E-state index contributed by atoms with van der Waals surface area (Å²) in [6.45, 7) is 4.97. The summed E-state index contributed by atoms with van der Waals surface area (Å²) in [5, 5.41) is 11.3. The predicted octanol–water partition coefficient (Wildman–Crippen LogP) is 11.0. The fourth-order valence-electron chi connectivity index (χ4n) is 7.27. The highest BCUT2D eigenvalue weighted by Gasteiger charge is 2.25. The van der Waals surface area contributed by atoms with Crippen LogP contribution in [0.4, 0.5) is 11.4 Å². The Morgan fingerprint density at radius 1 is 0.509 bits per heavy atom. The van der Waals surface area contributed by atoms with Gasteiger partial charge in [-0.15, -0.1) is 0 Å². The van der Waals surface area contributed by atoms with Crippen molar-refractivity contribution in [3.8, 4) is 28.2 Å². The van der Waals surface area contributed by atoms with Crippen molar-refractivity contribution in [1.82, 2.24) is 0 Å². The van der Waals surface area contributed by atoms with Crippen LogP contribution in [-0.2, 0) is 26.2 Å². The number of nitrogens with zero attached hydrogens (tertiary/aromatic N) is 2. The molecule has 0 fully saturated rings. The van der Waals surface area contributed by atoms with Gasteiger partial charge in [0.25, 0.3) is 0 Å². The topological polar surface area (TPSA) is 56.9 Å². The van der Waals surface area contributed by atoms with Gasteiger partial charge in [-0.05, 0) is 76.7 Å². The van der Waals surface area contributed by atoms with E-state index in [2.05, 4.69) is 150 Å². The number of hydrogen-bond donors (Lipinski definition) is 1.